The van der Waals surface area contributed by atoms with Crippen LogP contribution >= 0.6 is 11.5 Å². The second kappa shape index (κ2) is 7.40. The van der Waals surface area contributed by atoms with Crippen LogP contribution in [0.4, 0.5) is 15.5 Å². The molecule has 0 spiro atoms. The van der Waals surface area contributed by atoms with E-state index >= 15 is 0 Å². The highest BCUT2D eigenvalue weighted by atomic mass is 32.1. The van der Waals surface area contributed by atoms with Crippen LogP contribution in [0.1, 0.15) is 23.7 Å². The summed E-state index contributed by atoms with van der Waals surface area (Å²) in [5.41, 5.74) is 13.9. The maximum atomic E-state index is 12.1. The Balaban J connectivity index is 1.68. The number of rotatable bonds is 4. The highest BCUT2D eigenvalue weighted by Crippen LogP contribution is 2.30. The fourth-order valence-corrected chi connectivity index (χ4v) is 3.24. The molecule has 0 bridgehead atoms. The number of nitrogens with zero attached hydrogens (tertiary/aromatic N) is 1. The van der Waals surface area contributed by atoms with Gasteiger partial charge in [-0.2, -0.15) is 4.37 Å². The molecular weight excluding hydrogens is 350 g/mol. The summed E-state index contributed by atoms with van der Waals surface area (Å²) in [7, 11) is 0. The SMILES string of the molecule is CC1C=CC(NC(=O)Nc2ccc(-c3nsc(N)c3C(N)=O)cc2)=CC1. The third kappa shape index (κ3) is 3.92. The number of allylic oxidation sites excluding steroid dienone is 3. The number of nitrogens with two attached hydrogens (primary N) is 2. The zero-order chi connectivity index (χ0) is 18.7. The van der Waals surface area contributed by atoms with E-state index in [9.17, 15) is 9.59 Å². The van der Waals surface area contributed by atoms with Gasteiger partial charge in [-0.25, -0.2) is 4.79 Å². The van der Waals surface area contributed by atoms with E-state index in [1.807, 2.05) is 12.2 Å². The Hall–Kier alpha value is -3.13. The third-order valence-corrected chi connectivity index (χ3v) is 4.63. The summed E-state index contributed by atoms with van der Waals surface area (Å²) in [5.74, 6) is -0.128. The first-order valence-corrected chi connectivity index (χ1v) is 8.83. The minimum absolute atomic E-state index is 0.221. The van der Waals surface area contributed by atoms with Crippen LogP contribution in [-0.2, 0) is 0 Å². The van der Waals surface area contributed by atoms with Gasteiger partial charge in [-0.1, -0.05) is 31.2 Å². The number of nitrogens with one attached hydrogen (secondary N) is 2. The standard InChI is InChI=1S/C18H19N5O2S/c1-10-2-6-12(7-3-10)21-18(25)22-13-8-4-11(5-9-13)15-14(16(19)24)17(20)26-23-15/h2,4-10H,3,20H2,1H3,(H2,19,24)(H2,21,22,25). The Morgan fingerprint density at radius 2 is 1.96 bits per heavy atom. The van der Waals surface area contributed by atoms with E-state index < -0.39 is 5.91 Å². The molecule has 0 saturated heterocycles. The summed E-state index contributed by atoms with van der Waals surface area (Å²) >= 11 is 1.02. The lowest BCUT2D eigenvalue weighted by atomic mass is 10.0. The lowest BCUT2D eigenvalue weighted by Gasteiger charge is -2.13. The van der Waals surface area contributed by atoms with Crippen LogP contribution in [0, 0.1) is 5.92 Å². The quantitative estimate of drug-likeness (QED) is 0.661. The molecule has 1 atom stereocenters. The van der Waals surface area contributed by atoms with Crippen molar-refractivity contribution >= 4 is 34.2 Å². The normalized spacial score (nSPS) is 16.0. The predicted octanol–water partition coefficient (Wildman–Crippen LogP) is 3.09. The van der Waals surface area contributed by atoms with Crippen LogP contribution < -0.4 is 22.1 Å². The molecule has 0 saturated carbocycles. The van der Waals surface area contributed by atoms with E-state index in [2.05, 4.69) is 28.0 Å². The fraction of sp³-hybridized carbons (Fsp3) is 0.167. The number of hydrogen-bond acceptors (Lipinski definition) is 5. The second-order valence-corrected chi connectivity index (χ2v) is 6.83. The van der Waals surface area contributed by atoms with Gasteiger partial charge in [0.25, 0.3) is 5.91 Å². The van der Waals surface area contributed by atoms with Gasteiger partial charge in [-0.15, -0.1) is 0 Å². The van der Waals surface area contributed by atoms with Crippen molar-refractivity contribution in [3.8, 4) is 11.3 Å². The van der Waals surface area contributed by atoms with Gasteiger partial charge in [-0.3, -0.25) is 4.79 Å². The lowest BCUT2D eigenvalue weighted by molar-refractivity contribution is 0.100. The first-order valence-electron chi connectivity index (χ1n) is 8.06. The van der Waals surface area contributed by atoms with E-state index in [-0.39, 0.29) is 16.6 Å². The molecule has 26 heavy (non-hydrogen) atoms. The Morgan fingerprint density at radius 1 is 1.23 bits per heavy atom. The number of hydrogen-bond donors (Lipinski definition) is 4. The average molecular weight is 369 g/mol. The number of benzene rings is 1. The average Bonchev–Trinajstić information content (AvgIpc) is 2.99. The molecule has 2 aromatic rings. The molecule has 0 radical (unpaired) electrons. The molecule has 3 rings (SSSR count). The molecule has 0 fully saturated rings. The van der Waals surface area contributed by atoms with Gasteiger partial charge >= 0.3 is 6.03 Å². The predicted molar refractivity (Wildman–Crippen MR) is 104 cm³/mol. The molecule has 1 aliphatic rings. The molecule has 1 aromatic heterocycles. The molecule has 7 nitrogen and oxygen atoms in total. The van der Waals surface area contributed by atoms with E-state index in [4.69, 9.17) is 11.5 Å². The molecule has 0 aliphatic heterocycles. The molecular formula is C18H19N5O2S. The summed E-state index contributed by atoms with van der Waals surface area (Å²) < 4.78 is 4.18. The number of nitrogen functional groups attached to an aromatic ring is 1. The molecule has 1 unspecified atom stereocenters. The number of amides is 3. The molecule has 6 N–H and O–H groups in total. The van der Waals surface area contributed by atoms with Crippen molar-refractivity contribution in [2.24, 2.45) is 11.7 Å². The van der Waals surface area contributed by atoms with Crippen LogP contribution in [0.2, 0.25) is 0 Å². The Morgan fingerprint density at radius 3 is 2.58 bits per heavy atom. The summed E-state index contributed by atoms with van der Waals surface area (Å²) in [5, 5.41) is 5.85. The van der Waals surface area contributed by atoms with E-state index in [1.165, 1.54) is 0 Å². The van der Waals surface area contributed by atoms with Crippen LogP contribution in [0.3, 0.4) is 0 Å². The summed E-state index contributed by atoms with van der Waals surface area (Å²) in [6.45, 7) is 2.12. The van der Waals surface area contributed by atoms with Crippen molar-refractivity contribution in [3.63, 3.8) is 0 Å². The molecule has 3 amide bonds. The van der Waals surface area contributed by atoms with Crippen LogP contribution in [0.15, 0.2) is 48.2 Å². The van der Waals surface area contributed by atoms with Gasteiger partial charge in [-0.05, 0) is 42.1 Å². The van der Waals surface area contributed by atoms with Gasteiger partial charge < -0.3 is 22.1 Å². The van der Waals surface area contributed by atoms with Crippen molar-refractivity contribution < 1.29 is 9.59 Å². The zero-order valence-electron chi connectivity index (χ0n) is 14.2. The smallest absolute Gasteiger partial charge is 0.323 e. The number of aromatic nitrogens is 1. The highest BCUT2D eigenvalue weighted by molar-refractivity contribution is 7.10. The highest BCUT2D eigenvalue weighted by Gasteiger charge is 2.18. The first kappa shape index (κ1) is 17.7. The first-order chi connectivity index (χ1) is 12.4. The largest absolute Gasteiger partial charge is 0.389 e. The number of anilines is 2. The van der Waals surface area contributed by atoms with Gasteiger partial charge in [0.1, 0.15) is 10.6 Å². The van der Waals surface area contributed by atoms with Gasteiger partial charge in [0.2, 0.25) is 0 Å². The van der Waals surface area contributed by atoms with Crippen LogP contribution in [-0.4, -0.2) is 16.3 Å². The van der Waals surface area contributed by atoms with Crippen molar-refractivity contribution in [2.75, 3.05) is 11.1 Å². The Bertz CT molecular complexity index is 899. The zero-order valence-corrected chi connectivity index (χ0v) is 15.0. The summed E-state index contributed by atoms with van der Waals surface area (Å²) in [6, 6.07) is 6.62. The summed E-state index contributed by atoms with van der Waals surface area (Å²) in [4.78, 5) is 23.6. The third-order valence-electron chi connectivity index (χ3n) is 3.95. The number of carbonyl (C=O) groups excluding carboxylic acids is 2. The molecule has 1 aromatic carbocycles. The van der Waals surface area contributed by atoms with Crippen molar-refractivity contribution in [3.05, 3.63) is 53.8 Å². The molecule has 134 valence electrons. The van der Waals surface area contributed by atoms with Gasteiger partial charge in [0.05, 0.1) is 5.69 Å². The van der Waals surface area contributed by atoms with Crippen LogP contribution in [0.5, 0.6) is 0 Å². The molecule has 1 heterocycles. The van der Waals surface area contributed by atoms with Crippen molar-refractivity contribution in [2.45, 2.75) is 13.3 Å². The van der Waals surface area contributed by atoms with Gasteiger partial charge in [0.15, 0.2) is 0 Å². The lowest BCUT2D eigenvalue weighted by Crippen LogP contribution is -2.28. The van der Waals surface area contributed by atoms with E-state index in [0.29, 0.717) is 22.9 Å². The number of urea groups is 1. The van der Waals surface area contributed by atoms with Crippen molar-refractivity contribution in [1.29, 1.82) is 0 Å². The topological polar surface area (TPSA) is 123 Å². The van der Waals surface area contributed by atoms with Crippen molar-refractivity contribution in [1.82, 2.24) is 9.69 Å². The maximum Gasteiger partial charge on any atom is 0.323 e. The Kier molecular flexibility index (Phi) is 5.04. The maximum absolute atomic E-state index is 12.1. The molecule has 1 aliphatic carbocycles. The van der Waals surface area contributed by atoms with E-state index in [1.54, 1.807) is 24.3 Å². The summed E-state index contributed by atoms with van der Waals surface area (Å²) in [6.07, 6.45) is 6.85. The number of carbonyl (C=O) groups is 2. The molecule has 8 heteroatoms. The number of primary amides is 1. The minimum Gasteiger partial charge on any atom is -0.389 e. The van der Waals surface area contributed by atoms with Crippen LogP contribution in [0.25, 0.3) is 11.3 Å². The Labute approximate surface area is 154 Å². The van der Waals surface area contributed by atoms with E-state index in [0.717, 1.165) is 23.7 Å². The van der Waals surface area contributed by atoms with Gasteiger partial charge in [0, 0.05) is 16.9 Å². The fourth-order valence-electron chi connectivity index (χ4n) is 2.56. The second-order valence-electron chi connectivity index (χ2n) is 6.02. The minimum atomic E-state index is -0.615. The monoisotopic (exact) mass is 369 g/mol.